The van der Waals surface area contributed by atoms with E-state index in [0.29, 0.717) is 37.7 Å². The molecule has 2 atom stereocenters. The van der Waals surface area contributed by atoms with Gasteiger partial charge >= 0.3 is 0 Å². The molecule has 0 spiro atoms. The van der Waals surface area contributed by atoms with Crippen molar-refractivity contribution < 1.29 is 17.6 Å². The molecule has 0 bridgehead atoms. The van der Waals surface area contributed by atoms with Crippen molar-refractivity contribution in [2.75, 3.05) is 0 Å². The molecule has 178 valence electrons. The van der Waals surface area contributed by atoms with Crippen LogP contribution in [0.25, 0.3) is 6.08 Å². The Bertz CT molecular complexity index is 787. The Morgan fingerprint density at radius 1 is 0.875 bits per heavy atom. The number of allylic oxidation sites excluding steroid dienone is 3. The minimum absolute atomic E-state index is 0.0221. The number of benzene rings is 1. The first-order chi connectivity index (χ1) is 15.4. The number of halogens is 4. The molecular formula is C28H38F4. The highest BCUT2D eigenvalue weighted by molar-refractivity contribution is 5.51. The molecule has 0 radical (unpaired) electrons. The lowest BCUT2D eigenvalue weighted by Crippen LogP contribution is -2.40. The molecule has 2 aliphatic rings. The molecule has 4 heteroatoms. The zero-order valence-electron chi connectivity index (χ0n) is 19.6. The molecule has 0 nitrogen and oxygen atoms in total. The molecule has 3 rings (SSSR count). The predicted octanol–water partition coefficient (Wildman–Crippen LogP) is 9.46. The summed E-state index contributed by atoms with van der Waals surface area (Å²) in [6.45, 7) is 4.12. The van der Waals surface area contributed by atoms with Crippen molar-refractivity contribution in [3.63, 3.8) is 0 Å². The highest BCUT2D eigenvalue weighted by Crippen LogP contribution is 2.50. The lowest BCUT2D eigenvalue weighted by atomic mass is 9.66. The second-order valence-corrected chi connectivity index (χ2v) is 9.80. The molecule has 2 fully saturated rings. The molecule has 0 saturated heterocycles. The zero-order chi connectivity index (χ0) is 23.1. The van der Waals surface area contributed by atoms with Crippen molar-refractivity contribution in [2.45, 2.75) is 96.3 Å². The molecule has 0 aliphatic heterocycles. The predicted molar refractivity (Wildman–Crippen MR) is 125 cm³/mol. The molecule has 0 N–H and O–H groups in total. The van der Waals surface area contributed by atoms with Gasteiger partial charge in [0.2, 0.25) is 0 Å². The molecule has 2 aliphatic carbocycles. The van der Waals surface area contributed by atoms with Crippen LogP contribution in [0.5, 0.6) is 0 Å². The van der Waals surface area contributed by atoms with E-state index < -0.39 is 23.5 Å². The topological polar surface area (TPSA) is 0 Å². The van der Waals surface area contributed by atoms with E-state index in [1.807, 2.05) is 25.2 Å². The molecule has 0 aromatic heterocycles. The van der Waals surface area contributed by atoms with Gasteiger partial charge in [0.15, 0.2) is 11.6 Å². The molecule has 1 aromatic carbocycles. The van der Waals surface area contributed by atoms with E-state index in [1.165, 1.54) is 0 Å². The van der Waals surface area contributed by atoms with Crippen LogP contribution in [-0.4, -0.2) is 5.92 Å². The number of rotatable bonds is 8. The fourth-order valence-corrected chi connectivity index (χ4v) is 5.64. The summed E-state index contributed by atoms with van der Waals surface area (Å²) < 4.78 is 59.2. The molecule has 32 heavy (non-hydrogen) atoms. The van der Waals surface area contributed by atoms with Crippen molar-refractivity contribution >= 4 is 6.08 Å². The van der Waals surface area contributed by atoms with Crippen LogP contribution >= 0.6 is 0 Å². The van der Waals surface area contributed by atoms with E-state index in [4.69, 9.17) is 0 Å². The van der Waals surface area contributed by atoms with E-state index in [-0.39, 0.29) is 29.7 Å². The maximum absolute atomic E-state index is 15.0. The van der Waals surface area contributed by atoms with Crippen molar-refractivity contribution in [3.05, 3.63) is 53.1 Å². The van der Waals surface area contributed by atoms with Gasteiger partial charge in [-0.1, -0.05) is 63.1 Å². The molecule has 0 heterocycles. The van der Waals surface area contributed by atoms with Crippen molar-refractivity contribution in [1.29, 1.82) is 0 Å². The van der Waals surface area contributed by atoms with E-state index >= 15 is 0 Å². The summed E-state index contributed by atoms with van der Waals surface area (Å²) in [5.74, 6) is -4.91. The van der Waals surface area contributed by atoms with Crippen molar-refractivity contribution in [1.82, 2.24) is 0 Å². The Balaban J connectivity index is 1.60. The molecule has 2 saturated carbocycles. The van der Waals surface area contributed by atoms with Gasteiger partial charge in [0.25, 0.3) is 5.92 Å². The van der Waals surface area contributed by atoms with Gasteiger partial charge in [-0.25, -0.2) is 17.6 Å². The highest BCUT2D eigenvalue weighted by atomic mass is 19.3. The quantitative estimate of drug-likeness (QED) is 0.273. The van der Waals surface area contributed by atoms with Gasteiger partial charge in [0, 0.05) is 17.9 Å². The summed E-state index contributed by atoms with van der Waals surface area (Å²) in [6, 6.07) is 3.34. The largest absolute Gasteiger partial charge is 0.251 e. The van der Waals surface area contributed by atoms with Crippen LogP contribution in [0.2, 0.25) is 0 Å². The fraction of sp³-hybridized carbons (Fsp3) is 0.643. The first-order valence-electron chi connectivity index (χ1n) is 12.6. The number of hydrogen-bond acceptors (Lipinski definition) is 0. The highest BCUT2D eigenvalue weighted by Gasteiger charge is 2.48. The van der Waals surface area contributed by atoms with Gasteiger partial charge in [0.05, 0.1) is 0 Å². The van der Waals surface area contributed by atoms with Crippen LogP contribution in [0.4, 0.5) is 17.6 Å². The maximum atomic E-state index is 15.0. The van der Waals surface area contributed by atoms with Crippen molar-refractivity contribution in [3.8, 4) is 0 Å². The summed E-state index contributed by atoms with van der Waals surface area (Å²) in [5.41, 5.74) is 0.683. The van der Waals surface area contributed by atoms with Gasteiger partial charge in [0.1, 0.15) is 0 Å². The van der Waals surface area contributed by atoms with Crippen LogP contribution in [-0.2, 0) is 0 Å². The Hall–Kier alpha value is -1.58. The second-order valence-electron chi connectivity index (χ2n) is 9.80. The van der Waals surface area contributed by atoms with Crippen LogP contribution < -0.4 is 0 Å². The number of hydrogen-bond donors (Lipinski definition) is 0. The Morgan fingerprint density at radius 3 is 2.22 bits per heavy atom. The van der Waals surface area contributed by atoms with Crippen LogP contribution in [0.1, 0.15) is 102 Å². The van der Waals surface area contributed by atoms with Gasteiger partial charge in [-0.05, 0) is 74.7 Å². The van der Waals surface area contributed by atoms with Gasteiger partial charge < -0.3 is 0 Å². The Kier molecular flexibility index (Phi) is 9.02. The minimum Gasteiger partial charge on any atom is -0.207 e. The third kappa shape index (κ3) is 6.05. The monoisotopic (exact) mass is 450 g/mol. The summed E-state index contributed by atoms with van der Waals surface area (Å²) in [6.07, 6.45) is 15.3. The third-order valence-corrected chi connectivity index (χ3v) is 7.46. The minimum atomic E-state index is -2.64. The molecule has 2 unspecified atom stereocenters. The number of alkyl halides is 2. The van der Waals surface area contributed by atoms with Gasteiger partial charge in [-0.15, -0.1) is 0 Å². The smallest absolute Gasteiger partial charge is 0.207 e. The Morgan fingerprint density at radius 2 is 1.56 bits per heavy atom. The summed E-state index contributed by atoms with van der Waals surface area (Å²) in [7, 11) is 0. The lowest BCUT2D eigenvalue weighted by molar-refractivity contribution is -0.121. The standard InChI is InChI=1S/C28H38F4/c1-3-5-7-9-20-11-18-25(28(31,32)19-20)22-14-12-21(13-15-22)24-17-16-23(10-8-6-4-2)26(29)27(24)30/h7-10,16-17,20-22,25H,3-6,11-15,18-19H2,1-2H3/b9-7+,10-8+. The van der Waals surface area contributed by atoms with E-state index in [1.54, 1.807) is 18.2 Å². The zero-order valence-corrected chi connectivity index (χ0v) is 19.6. The normalized spacial score (nSPS) is 28.6. The SMILES string of the molecule is CCC/C=C/c1ccc(C2CCC(C3CCC(/C=C/CCC)CC3(F)F)CC2)c(F)c1F. The third-order valence-electron chi connectivity index (χ3n) is 7.46. The van der Waals surface area contributed by atoms with E-state index in [2.05, 4.69) is 6.92 Å². The average Bonchev–Trinajstić information content (AvgIpc) is 2.77. The van der Waals surface area contributed by atoms with Crippen LogP contribution in [0.3, 0.4) is 0 Å². The van der Waals surface area contributed by atoms with Crippen LogP contribution in [0, 0.1) is 29.4 Å². The first-order valence-corrected chi connectivity index (χ1v) is 12.6. The van der Waals surface area contributed by atoms with Gasteiger partial charge in [-0.3, -0.25) is 0 Å². The van der Waals surface area contributed by atoms with Crippen molar-refractivity contribution in [2.24, 2.45) is 17.8 Å². The molecule has 0 amide bonds. The summed E-state index contributed by atoms with van der Waals surface area (Å²) in [4.78, 5) is 0. The van der Waals surface area contributed by atoms with E-state index in [9.17, 15) is 17.6 Å². The van der Waals surface area contributed by atoms with E-state index in [0.717, 1.165) is 32.1 Å². The first kappa shape index (κ1) is 25.1. The number of unbranched alkanes of at least 4 members (excludes halogenated alkanes) is 2. The van der Waals surface area contributed by atoms with Gasteiger partial charge in [-0.2, -0.15) is 0 Å². The summed E-state index contributed by atoms with van der Waals surface area (Å²) >= 11 is 0. The van der Waals surface area contributed by atoms with Crippen LogP contribution in [0.15, 0.2) is 30.4 Å². The molecule has 1 aromatic rings. The lowest BCUT2D eigenvalue weighted by Gasteiger charge is -2.42. The summed E-state index contributed by atoms with van der Waals surface area (Å²) in [5, 5.41) is 0. The average molecular weight is 451 g/mol. The second kappa shape index (κ2) is 11.5. The fourth-order valence-electron chi connectivity index (χ4n) is 5.64. The Labute approximate surface area is 191 Å². The maximum Gasteiger partial charge on any atom is 0.251 e. The molecular weight excluding hydrogens is 412 g/mol.